The molecule has 1 aliphatic carbocycles. The highest BCUT2D eigenvalue weighted by atomic mass is 79.9. The van der Waals surface area contributed by atoms with Crippen molar-refractivity contribution in [1.82, 2.24) is 10.2 Å². The molecule has 0 unspecified atom stereocenters. The quantitative estimate of drug-likeness (QED) is 0.612. The van der Waals surface area contributed by atoms with Crippen LogP contribution in [0.25, 0.3) is 0 Å². The van der Waals surface area contributed by atoms with Crippen molar-refractivity contribution in [3.05, 3.63) is 69.2 Å². The van der Waals surface area contributed by atoms with Gasteiger partial charge in [-0.2, -0.15) is 0 Å². The third-order valence-electron chi connectivity index (χ3n) is 6.06. The molecule has 160 valence electrons. The largest absolute Gasteiger partial charge is 0.352 e. The third kappa shape index (κ3) is 5.94. The number of carbonyl (C=O) groups excluding carboxylic acids is 2. The van der Waals surface area contributed by atoms with Crippen molar-refractivity contribution >= 4 is 27.7 Å². The van der Waals surface area contributed by atoms with Crippen molar-refractivity contribution < 1.29 is 9.59 Å². The van der Waals surface area contributed by atoms with Gasteiger partial charge in [-0.3, -0.25) is 9.59 Å². The van der Waals surface area contributed by atoms with Crippen LogP contribution in [0.2, 0.25) is 0 Å². The van der Waals surface area contributed by atoms with Crippen molar-refractivity contribution in [3.8, 4) is 0 Å². The molecule has 1 fully saturated rings. The van der Waals surface area contributed by atoms with E-state index in [1.807, 2.05) is 43.3 Å². The lowest BCUT2D eigenvalue weighted by Crippen LogP contribution is -2.50. The molecule has 2 aromatic carbocycles. The van der Waals surface area contributed by atoms with Crippen LogP contribution in [0.3, 0.4) is 0 Å². The summed E-state index contributed by atoms with van der Waals surface area (Å²) in [6.45, 7) is 6.37. The van der Waals surface area contributed by atoms with Gasteiger partial charge in [-0.25, -0.2) is 0 Å². The Kier molecular flexibility index (Phi) is 7.70. The Bertz CT molecular complexity index is 889. The SMILES string of the molecule is Cc1ccc(CC(=O)N(Cc2ccc(Br)cc2)[C@@H](C)C(=O)NC2CCCC2)cc1C. The predicted octanol–water partition coefficient (Wildman–Crippen LogP) is 5.08. The topological polar surface area (TPSA) is 49.4 Å². The van der Waals surface area contributed by atoms with E-state index in [9.17, 15) is 9.59 Å². The number of carbonyl (C=O) groups is 2. The number of aryl methyl sites for hydroxylation is 2. The number of benzene rings is 2. The number of nitrogens with zero attached hydrogens (tertiary/aromatic N) is 1. The number of amides is 2. The summed E-state index contributed by atoms with van der Waals surface area (Å²) in [4.78, 5) is 27.9. The van der Waals surface area contributed by atoms with E-state index in [0.29, 0.717) is 13.0 Å². The van der Waals surface area contributed by atoms with Gasteiger partial charge in [0.25, 0.3) is 0 Å². The van der Waals surface area contributed by atoms with Gasteiger partial charge in [-0.15, -0.1) is 0 Å². The summed E-state index contributed by atoms with van der Waals surface area (Å²) in [7, 11) is 0. The van der Waals surface area contributed by atoms with Crippen LogP contribution in [0.15, 0.2) is 46.9 Å². The van der Waals surface area contributed by atoms with Gasteiger partial charge in [0.15, 0.2) is 0 Å². The fourth-order valence-corrected chi connectivity index (χ4v) is 4.22. The Hall–Kier alpha value is -2.14. The molecule has 0 spiro atoms. The zero-order valence-corrected chi connectivity index (χ0v) is 19.7. The van der Waals surface area contributed by atoms with Crippen molar-refractivity contribution in [1.29, 1.82) is 0 Å². The molecule has 1 N–H and O–H groups in total. The number of hydrogen-bond donors (Lipinski definition) is 1. The molecule has 3 rings (SSSR count). The van der Waals surface area contributed by atoms with Gasteiger partial charge in [-0.05, 0) is 68.0 Å². The summed E-state index contributed by atoms with van der Waals surface area (Å²) in [5.74, 6) is -0.0947. The highest BCUT2D eigenvalue weighted by Crippen LogP contribution is 2.20. The molecule has 1 saturated carbocycles. The number of nitrogens with one attached hydrogen (secondary N) is 1. The van der Waals surface area contributed by atoms with Crippen LogP contribution in [0.1, 0.15) is 54.9 Å². The Labute approximate surface area is 188 Å². The molecule has 2 amide bonds. The van der Waals surface area contributed by atoms with E-state index in [-0.39, 0.29) is 17.9 Å². The molecule has 0 radical (unpaired) electrons. The molecule has 2 aromatic rings. The smallest absolute Gasteiger partial charge is 0.242 e. The molecule has 5 heteroatoms. The summed E-state index contributed by atoms with van der Waals surface area (Å²) in [6.07, 6.45) is 4.67. The first-order valence-electron chi connectivity index (χ1n) is 10.7. The zero-order valence-electron chi connectivity index (χ0n) is 18.1. The van der Waals surface area contributed by atoms with E-state index in [0.717, 1.165) is 41.3 Å². The molecular weight excluding hydrogens is 440 g/mol. The molecule has 0 aliphatic heterocycles. The van der Waals surface area contributed by atoms with Crippen LogP contribution in [-0.2, 0) is 22.6 Å². The lowest BCUT2D eigenvalue weighted by Gasteiger charge is -2.30. The second-order valence-electron chi connectivity index (χ2n) is 8.41. The average Bonchev–Trinajstić information content (AvgIpc) is 3.22. The summed E-state index contributed by atoms with van der Waals surface area (Å²) >= 11 is 3.45. The number of hydrogen-bond acceptors (Lipinski definition) is 2. The van der Waals surface area contributed by atoms with Gasteiger partial charge in [-0.1, -0.05) is 59.1 Å². The van der Waals surface area contributed by atoms with Crippen molar-refractivity contribution in [2.45, 2.75) is 71.5 Å². The van der Waals surface area contributed by atoms with Gasteiger partial charge >= 0.3 is 0 Å². The Morgan fingerprint density at radius 3 is 2.30 bits per heavy atom. The monoisotopic (exact) mass is 470 g/mol. The molecule has 4 nitrogen and oxygen atoms in total. The van der Waals surface area contributed by atoms with E-state index in [1.54, 1.807) is 4.90 Å². The van der Waals surface area contributed by atoms with Gasteiger partial charge in [0.05, 0.1) is 6.42 Å². The third-order valence-corrected chi connectivity index (χ3v) is 6.59. The van der Waals surface area contributed by atoms with Crippen molar-refractivity contribution in [3.63, 3.8) is 0 Å². The van der Waals surface area contributed by atoms with E-state index in [4.69, 9.17) is 0 Å². The maximum absolute atomic E-state index is 13.3. The van der Waals surface area contributed by atoms with Crippen LogP contribution >= 0.6 is 15.9 Å². The van der Waals surface area contributed by atoms with Crippen LogP contribution in [0.5, 0.6) is 0 Å². The van der Waals surface area contributed by atoms with E-state index in [1.165, 1.54) is 11.1 Å². The Morgan fingerprint density at radius 1 is 1.03 bits per heavy atom. The maximum atomic E-state index is 13.3. The van der Waals surface area contributed by atoms with Crippen molar-refractivity contribution in [2.24, 2.45) is 0 Å². The first-order chi connectivity index (χ1) is 14.3. The maximum Gasteiger partial charge on any atom is 0.242 e. The van der Waals surface area contributed by atoms with E-state index >= 15 is 0 Å². The van der Waals surface area contributed by atoms with Crippen LogP contribution in [0.4, 0.5) is 0 Å². The standard InChI is InChI=1S/C25H31BrN2O2/c1-17-8-9-21(14-18(17)2)15-24(29)28(16-20-10-12-22(26)13-11-20)19(3)25(30)27-23-6-4-5-7-23/h8-14,19,23H,4-7,15-16H2,1-3H3,(H,27,30)/t19-/m0/s1. The minimum atomic E-state index is -0.520. The summed E-state index contributed by atoms with van der Waals surface area (Å²) in [6, 6.07) is 13.7. The lowest BCUT2D eigenvalue weighted by atomic mass is 10.0. The molecule has 1 atom stereocenters. The molecule has 30 heavy (non-hydrogen) atoms. The van der Waals surface area contributed by atoms with E-state index < -0.39 is 6.04 Å². The fourth-order valence-electron chi connectivity index (χ4n) is 3.95. The Balaban J connectivity index is 1.77. The molecule has 0 heterocycles. The van der Waals surface area contributed by atoms with Crippen LogP contribution < -0.4 is 5.32 Å². The molecule has 0 aromatic heterocycles. The minimum Gasteiger partial charge on any atom is -0.352 e. The summed E-state index contributed by atoms with van der Waals surface area (Å²) < 4.78 is 0.992. The second-order valence-corrected chi connectivity index (χ2v) is 9.33. The van der Waals surface area contributed by atoms with Gasteiger partial charge in [0.1, 0.15) is 6.04 Å². The normalized spacial score (nSPS) is 15.1. The summed E-state index contributed by atoms with van der Waals surface area (Å²) in [5.41, 5.74) is 4.37. The molecular formula is C25H31BrN2O2. The first-order valence-corrected chi connectivity index (χ1v) is 11.5. The average molecular weight is 471 g/mol. The highest BCUT2D eigenvalue weighted by Gasteiger charge is 2.28. The van der Waals surface area contributed by atoms with Gasteiger partial charge < -0.3 is 10.2 Å². The fraction of sp³-hybridized carbons (Fsp3) is 0.440. The minimum absolute atomic E-state index is 0.0322. The molecule has 0 bridgehead atoms. The van der Waals surface area contributed by atoms with Gasteiger partial charge in [0.2, 0.25) is 11.8 Å². The van der Waals surface area contributed by atoms with Crippen molar-refractivity contribution in [2.75, 3.05) is 0 Å². The first kappa shape index (κ1) is 22.5. The number of rotatable bonds is 7. The Morgan fingerprint density at radius 2 is 1.67 bits per heavy atom. The molecule has 0 saturated heterocycles. The number of halogens is 1. The highest BCUT2D eigenvalue weighted by molar-refractivity contribution is 9.10. The van der Waals surface area contributed by atoms with Crippen LogP contribution in [-0.4, -0.2) is 28.8 Å². The van der Waals surface area contributed by atoms with E-state index in [2.05, 4.69) is 41.2 Å². The second kappa shape index (κ2) is 10.3. The summed E-state index contributed by atoms with van der Waals surface area (Å²) in [5, 5.41) is 3.15. The molecule has 1 aliphatic rings. The van der Waals surface area contributed by atoms with Gasteiger partial charge in [0, 0.05) is 17.1 Å². The predicted molar refractivity (Wildman–Crippen MR) is 124 cm³/mol. The van der Waals surface area contributed by atoms with Crippen LogP contribution in [0, 0.1) is 13.8 Å². The zero-order chi connectivity index (χ0) is 21.7. The lowest BCUT2D eigenvalue weighted by molar-refractivity contribution is -0.140.